The maximum absolute atomic E-state index is 13.2. The quantitative estimate of drug-likeness (QED) is 0.628. The Hall–Kier alpha value is -2.04. The molecule has 0 bridgehead atoms. The van der Waals surface area contributed by atoms with Crippen LogP contribution in [0.1, 0.15) is 22.8 Å². The molecule has 5 heteroatoms. The molecule has 0 saturated carbocycles. The number of Topliss-reactive ketones (excluding diaryl/α,β-unsaturated/α-hetero) is 1. The Bertz CT molecular complexity index is 481. The van der Waals surface area contributed by atoms with Crippen LogP contribution in [0, 0.1) is 11.6 Å². The van der Waals surface area contributed by atoms with E-state index in [2.05, 4.69) is 0 Å². The number of carbonyl (C=O) groups is 2. The van der Waals surface area contributed by atoms with Gasteiger partial charge in [0.05, 0.1) is 5.56 Å². The number of halogens is 2. The van der Waals surface area contributed by atoms with Gasteiger partial charge in [-0.3, -0.25) is 9.59 Å². The van der Waals surface area contributed by atoms with Crippen molar-refractivity contribution in [1.82, 2.24) is 0 Å². The van der Waals surface area contributed by atoms with Crippen LogP contribution in [-0.4, -0.2) is 11.7 Å². The van der Waals surface area contributed by atoms with E-state index >= 15 is 0 Å². The van der Waals surface area contributed by atoms with E-state index in [1.165, 1.54) is 0 Å². The van der Waals surface area contributed by atoms with Gasteiger partial charge in [-0.15, -0.1) is 0 Å². The van der Waals surface area contributed by atoms with Crippen LogP contribution in [0.3, 0.4) is 0 Å². The molecule has 1 aromatic rings. The summed E-state index contributed by atoms with van der Waals surface area (Å²) in [7, 11) is 0. The fourth-order valence-electron chi connectivity index (χ4n) is 1.14. The van der Waals surface area contributed by atoms with Gasteiger partial charge in [0, 0.05) is 17.7 Å². The molecule has 1 rings (SSSR count). The first-order valence-corrected chi connectivity index (χ1v) is 4.39. The summed E-state index contributed by atoms with van der Waals surface area (Å²) in [5.74, 6) is -3.07. The number of ketones is 1. The van der Waals surface area contributed by atoms with Crippen LogP contribution in [0.5, 0.6) is 0 Å². The van der Waals surface area contributed by atoms with Crippen molar-refractivity contribution in [2.24, 2.45) is 5.73 Å². The number of primary amides is 1. The third-order valence-corrected chi connectivity index (χ3v) is 1.89. The largest absolute Gasteiger partial charge is 0.366 e. The number of hydrogen-bond acceptors (Lipinski definition) is 2. The minimum Gasteiger partial charge on any atom is -0.366 e. The Morgan fingerprint density at radius 2 is 1.88 bits per heavy atom. The lowest BCUT2D eigenvalue weighted by atomic mass is 10.1. The van der Waals surface area contributed by atoms with E-state index in [1.54, 1.807) is 0 Å². The Morgan fingerprint density at radius 3 is 2.38 bits per heavy atom. The van der Waals surface area contributed by atoms with Crippen LogP contribution < -0.4 is 5.73 Å². The second kappa shape index (κ2) is 4.65. The lowest BCUT2D eigenvalue weighted by molar-refractivity contribution is -0.113. The van der Waals surface area contributed by atoms with E-state index < -0.39 is 23.3 Å². The Labute approximate surface area is 90.6 Å². The second-order valence-electron chi connectivity index (χ2n) is 3.15. The smallest absolute Gasteiger partial charge is 0.241 e. The molecule has 0 saturated heterocycles. The zero-order valence-electron chi connectivity index (χ0n) is 8.46. The predicted octanol–water partition coefficient (Wildman–Crippen LogP) is 1.67. The molecule has 0 atom stereocenters. The minimum atomic E-state index is -0.929. The highest BCUT2D eigenvalue weighted by Gasteiger charge is 2.11. The number of hydrogen-bond donors (Lipinski definition) is 1. The summed E-state index contributed by atoms with van der Waals surface area (Å²) in [6.07, 6.45) is 2.02. The van der Waals surface area contributed by atoms with Crippen LogP contribution in [0.15, 0.2) is 18.2 Å². The standard InChI is InChI=1S/C11H9F2NO2/c1-6(15)8-4-7(2-3-11(14)16)9(12)5-10(8)13/h2-5H,1H3,(H2,14,16). The van der Waals surface area contributed by atoms with Crippen molar-refractivity contribution in [3.8, 4) is 0 Å². The molecule has 1 amide bonds. The van der Waals surface area contributed by atoms with Gasteiger partial charge in [0.1, 0.15) is 11.6 Å². The lowest BCUT2D eigenvalue weighted by Crippen LogP contribution is -2.05. The third-order valence-electron chi connectivity index (χ3n) is 1.89. The molecule has 0 unspecified atom stereocenters. The van der Waals surface area contributed by atoms with Gasteiger partial charge in [-0.05, 0) is 19.1 Å². The molecular formula is C11H9F2NO2. The average Bonchev–Trinajstić information content (AvgIpc) is 2.15. The summed E-state index contributed by atoms with van der Waals surface area (Å²) >= 11 is 0. The molecule has 2 N–H and O–H groups in total. The van der Waals surface area contributed by atoms with Crippen molar-refractivity contribution in [2.45, 2.75) is 6.92 Å². The minimum absolute atomic E-state index is 0.0644. The van der Waals surface area contributed by atoms with Crippen LogP contribution >= 0.6 is 0 Å². The van der Waals surface area contributed by atoms with Gasteiger partial charge in [-0.25, -0.2) is 8.78 Å². The molecule has 0 aliphatic rings. The van der Waals surface area contributed by atoms with Crippen molar-refractivity contribution in [2.75, 3.05) is 0 Å². The molecular weight excluding hydrogens is 216 g/mol. The predicted molar refractivity (Wildman–Crippen MR) is 54.6 cm³/mol. The summed E-state index contributed by atoms with van der Waals surface area (Å²) in [5.41, 5.74) is 4.53. The maximum Gasteiger partial charge on any atom is 0.241 e. The van der Waals surface area contributed by atoms with E-state index in [-0.39, 0.29) is 11.1 Å². The molecule has 1 aromatic carbocycles. The van der Waals surface area contributed by atoms with E-state index in [0.29, 0.717) is 6.07 Å². The number of amides is 1. The molecule has 16 heavy (non-hydrogen) atoms. The first kappa shape index (κ1) is 12.0. The van der Waals surface area contributed by atoms with E-state index in [9.17, 15) is 18.4 Å². The van der Waals surface area contributed by atoms with Gasteiger partial charge in [-0.1, -0.05) is 0 Å². The lowest BCUT2D eigenvalue weighted by Gasteiger charge is -2.02. The summed E-state index contributed by atoms with van der Waals surface area (Å²) in [6, 6.07) is 1.63. The monoisotopic (exact) mass is 225 g/mol. The van der Waals surface area contributed by atoms with Gasteiger partial charge in [0.2, 0.25) is 5.91 Å². The summed E-state index contributed by atoms with van der Waals surface area (Å²) in [4.78, 5) is 21.4. The molecule has 0 spiro atoms. The molecule has 0 aliphatic carbocycles. The zero-order valence-corrected chi connectivity index (χ0v) is 8.46. The van der Waals surface area contributed by atoms with Gasteiger partial charge >= 0.3 is 0 Å². The molecule has 84 valence electrons. The number of rotatable bonds is 3. The molecule has 0 aliphatic heterocycles. The van der Waals surface area contributed by atoms with Crippen molar-refractivity contribution >= 4 is 17.8 Å². The molecule has 0 heterocycles. The van der Waals surface area contributed by atoms with Crippen LogP contribution in [0.25, 0.3) is 6.08 Å². The molecule has 0 fully saturated rings. The molecule has 3 nitrogen and oxygen atoms in total. The van der Waals surface area contributed by atoms with Gasteiger partial charge in [-0.2, -0.15) is 0 Å². The fourth-order valence-corrected chi connectivity index (χ4v) is 1.14. The normalized spacial score (nSPS) is 10.7. The highest BCUT2D eigenvalue weighted by atomic mass is 19.1. The summed E-state index contributed by atoms with van der Waals surface area (Å²) in [6.45, 7) is 1.16. The number of carbonyl (C=O) groups excluding carboxylic acids is 2. The zero-order chi connectivity index (χ0) is 12.3. The number of nitrogens with two attached hydrogens (primary N) is 1. The second-order valence-corrected chi connectivity index (χ2v) is 3.15. The highest BCUT2D eigenvalue weighted by molar-refractivity contribution is 5.95. The maximum atomic E-state index is 13.2. The summed E-state index contributed by atoms with van der Waals surface area (Å²) in [5, 5.41) is 0. The Kier molecular flexibility index (Phi) is 3.50. The fraction of sp³-hybridized carbons (Fsp3) is 0.0909. The topological polar surface area (TPSA) is 60.2 Å². The molecule has 0 aromatic heterocycles. The van der Waals surface area contributed by atoms with Gasteiger partial charge in [0.25, 0.3) is 0 Å². The van der Waals surface area contributed by atoms with Gasteiger partial charge < -0.3 is 5.73 Å². The summed E-state index contributed by atoms with van der Waals surface area (Å²) < 4.78 is 26.3. The van der Waals surface area contributed by atoms with E-state index in [1.807, 2.05) is 0 Å². The molecule has 0 radical (unpaired) electrons. The third kappa shape index (κ3) is 2.73. The van der Waals surface area contributed by atoms with E-state index in [4.69, 9.17) is 5.73 Å². The first-order valence-electron chi connectivity index (χ1n) is 4.39. The van der Waals surface area contributed by atoms with Crippen LogP contribution in [0.2, 0.25) is 0 Å². The Balaban J connectivity index is 3.25. The average molecular weight is 225 g/mol. The van der Waals surface area contributed by atoms with Gasteiger partial charge in [0.15, 0.2) is 5.78 Å². The Morgan fingerprint density at radius 1 is 1.25 bits per heavy atom. The first-order chi connectivity index (χ1) is 7.41. The van der Waals surface area contributed by atoms with Crippen molar-refractivity contribution < 1.29 is 18.4 Å². The number of benzene rings is 1. The van der Waals surface area contributed by atoms with Crippen LogP contribution in [0.4, 0.5) is 8.78 Å². The van der Waals surface area contributed by atoms with Crippen LogP contribution in [-0.2, 0) is 4.79 Å². The van der Waals surface area contributed by atoms with E-state index in [0.717, 1.165) is 25.1 Å². The highest BCUT2D eigenvalue weighted by Crippen LogP contribution is 2.16. The van der Waals surface area contributed by atoms with Crippen molar-refractivity contribution in [3.05, 3.63) is 41.0 Å². The van der Waals surface area contributed by atoms with Crippen molar-refractivity contribution in [3.63, 3.8) is 0 Å². The SMILES string of the molecule is CC(=O)c1cc(C=CC(N)=O)c(F)cc1F. The van der Waals surface area contributed by atoms with Crippen molar-refractivity contribution in [1.29, 1.82) is 0 Å².